The Morgan fingerprint density at radius 1 is 0.829 bits per heavy atom. The number of hydrogen-bond acceptors (Lipinski definition) is 3. The number of allylic oxidation sites excluding steroid dienone is 1. The lowest BCUT2D eigenvalue weighted by atomic mass is 10.1. The van der Waals surface area contributed by atoms with E-state index in [2.05, 4.69) is 41.9 Å². The first-order valence-electron chi connectivity index (χ1n) is 12.0. The van der Waals surface area contributed by atoms with E-state index in [0.29, 0.717) is 18.6 Å². The summed E-state index contributed by atoms with van der Waals surface area (Å²) in [5.74, 6) is 0.314. The molecule has 0 N–H and O–H groups in total. The SMILES string of the molecule is CC(C)C1=CN(c2ccccc2C(F)(F)F)CN1C1CC1.c1ccc2nc3ccccc3cc2c1. The number of fused-ring (bicyclic) bond motifs is 2. The van der Waals surface area contributed by atoms with Crippen LogP contribution >= 0.6 is 0 Å². The predicted octanol–water partition coefficient (Wildman–Crippen LogP) is 7.83. The molecule has 3 nitrogen and oxygen atoms in total. The summed E-state index contributed by atoms with van der Waals surface area (Å²) in [4.78, 5) is 8.56. The van der Waals surface area contributed by atoms with Crippen LogP contribution in [0.3, 0.4) is 0 Å². The van der Waals surface area contributed by atoms with Gasteiger partial charge in [0, 0.05) is 28.7 Å². The van der Waals surface area contributed by atoms with Crippen molar-refractivity contribution in [1.29, 1.82) is 0 Å². The van der Waals surface area contributed by atoms with Gasteiger partial charge in [-0.1, -0.05) is 62.4 Å². The normalized spacial score (nSPS) is 16.0. The van der Waals surface area contributed by atoms with Crippen LogP contribution in [0.4, 0.5) is 18.9 Å². The Labute approximate surface area is 203 Å². The second-order valence-electron chi connectivity index (χ2n) is 9.41. The highest BCUT2D eigenvalue weighted by Crippen LogP contribution is 2.41. The lowest BCUT2D eigenvalue weighted by Crippen LogP contribution is -2.30. The lowest BCUT2D eigenvalue weighted by Gasteiger charge is -2.26. The predicted molar refractivity (Wildman–Crippen MR) is 136 cm³/mol. The number of para-hydroxylation sites is 3. The fourth-order valence-electron chi connectivity index (χ4n) is 4.54. The minimum absolute atomic E-state index is 0.242. The van der Waals surface area contributed by atoms with Crippen molar-refractivity contribution in [3.63, 3.8) is 0 Å². The molecule has 0 unspecified atom stereocenters. The van der Waals surface area contributed by atoms with Gasteiger partial charge in [-0.3, -0.25) is 0 Å². The third-order valence-electron chi connectivity index (χ3n) is 6.45. The van der Waals surface area contributed by atoms with Crippen LogP contribution < -0.4 is 4.90 Å². The molecule has 2 heterocycles. The van der Waals surface area contributed by atoms with Crippen molar-refractivity contribution in [3.05, 3.63) is 96.3 Å². The van der Waals surface area contributed by atoms with E-state index >= 15 is 0 Å². The molecule has 3 aromatic carbocycles. The van der Waals surface area contributed by atoms with Crippen molar-refractivity contribution < 1.29 is 13.2 Å². The average molecular weight is 476 g/mol. The van der Waals surface area contributed by atoms with Crippen molar-refractivity contribution >= 4 is 27.5 Å². The maximum atomic E-state index is 13.2. The van der Waals surface area contributed by atoms with Crippen LogP contribution in [-0.4, -0.2) is 22.6 Å². The molecule has 0 bridgehead atoms. The summed E-state index contributed by atoms with van der Waals surface area (Å²) in [6.45, 7) is 4.69. The van der Waals surface area contributed by atoms with Crippen LogP contribution in [0.15, 0.2) is 90.8 Å². The summed E-state index contributed by atoms with van der Waals surface area (Å²) in [7, 11) is 0. The number of benzene rings is 3. The third-order valence-corrected chi connectivity index (χ3v) is 6.45. The van der Waals surface area contributed by atoms with Gasteiger partial charge in [0.15, 0.2) is 0 Å². The molecular formula is C29H28F3N3. The van der Waals surface area contributed by atoms with Crippen LogP contribution in [0.5, 0.6) is 0 Å². The van der Waals surface area contributed by atoms with Gasteiger partial charge in [0.25, 0.3) is 0 Å². The van der Waals surface area contributed by atoms with E-state index in [1.807, 2.05) is 42.6 Å². The van der Waals surface area contributed by atoms with Gasteiger partial charge < -0.3 is 9.80 Å². The van der Waals surface area contributed by atoms with E-state index in [-0.39, 0.29) is 5.69 Å². The smallest absolute Gasteiger partial charge is 0.352 e. The van der Waals surface area contributed by atoms with Gasteiger partial charge >= 0.3 is 6.18 Å². The topological polar surface area (TPSA) is 19.4 Å². The standard InChI is InChI=1S/C16H19F3N2.C13H9N/c1-11(2)15-9-20(10-21(15)12-7-8-12)14-6-4-3-5-13(14)16(17,18)19;1-3-7-12-10(5-1)9-11-6-2-4-8-13(11)14-12/h3-6,9,11-12H,7-8,10H2,1-2H3;1-9H. The Morgan fingerprint density at radius 2 is 1.40 bits per heavy atom. The molecule has 1 aliphatic carbocycles. The molecule has 0 spiro atoms. The molecule has 4 aromatic rings. The van der Waals surface area contributed by atoms with Crippen LogP contribution in [0.2, 0.25) is 0 Å². The van der Waals surface area contributed by atoms with Gasteiger partial charge in [-0.2, -0.15) is 13.2 Å². The second kappa shape index (κ2) is 9.25. The van der Waals surface area contributed by atoms with E-state index in [1.165, 1.54) is 16.8 Å². The molecule has 35 heavy (non-hydrogen) atoms. The number of hydrogen-bond donors (Lipinski definition) is 0. The zero-order valence-corrected chi connectivity index (χ0v) is 19.8. The molecule has 1 aliphatic heterocycles. The molecule has 2 aliphatic rings. The quantitative estimate of drug-likeness (QED) is 0.282. The van der Waals surface area contributed by atoms with E-state index in [1.54, 1.807) is 17.0 Å². The number of nitrogens with zero attached hydrogens (tertiary/aromatic N) is 3. The fraction of sp³-hybridized carbons (Fsp3) is 0.276. The first kappa shape index (κ1) is 23.2. The Hall–Kier alpha value is -3.54. The first-order chi connectivity index (χ1) is 16.8. The minimum atomic E-state index is -4.32. The van der Waals surface area contributed by atoms with Crippen LogP contribution in [0, 0.1) is 5.92 Å². The summed E-state index contributed by atoms with van der Waals surface area (Å²) < 4.78 is 39.5. The number of halogens is 3. The Balaban J connectivity index is 0.000000156. The minimum Gasteiger partial charge on any atom is -0.352 e. The van der Waals surface area contributed by atoms with Crippen LogP contribution in [0.1, 0.15) is 32.3 Å². The first-order valence-corrected chi connectivity index (χ1v) is 12.0. The molecule has 180 valence electrons. The molecule has 6 heteroatoms. The lowest BCUT2D eigenvalue weighted by molar-refractivity contribution is -0.137. The molecule has 6 rings (SSSR count). The molecule has 0 radical (unpaired) electrons. The van der Waals surface area contributed by atoms with Gasteiger partial charge in [-0.25, -0.2) is 4.98 Å². The van der Waals surface area contributed by atoms with Gasteiger partial charge in [0.2, 0.25) is 0 Å². The Bertz CT molecular complexity index is 1270. The maximum Gasteiger partial charge on any atom is 0.418 e. The number of alkyl halides is 3. The molecule has 0 atom stereocenters. The number of rotatable bonds is 3. The highest BCUT2D eigenvalue weighted by Gasteiger charge is 2.39. The van der Waals surface area contributed by atoms with Crippen LogP contribution in [0.25, 0.3) is 21.8 Å². The zero-order valence-electron chi connectivity index (χ0n) is 19.8. The van der Waals surface area contributed by atoms with Crippen molar-refractivity contribution in [1.82, 2.24) is 9.88 Å². The molecule has 0 amide bonds. The van der Waals surface area contributed by atoms with E-state index < -0.39 is 11.7 Å². The third kappa shape index (κ3) is 4.97. The number of pyridine rings is 1. The summed E-state index contributed by atoms with van der Waals surface area (Å²) in [6, 6.07) is 24.9. The summed E-state index contributed by atoms with van der Waals surface area (Å²) in [5.41, 5.74) is 2.93. The highest BCUT2D eigenvalue weighted by atomic mass is 19.4. The summed E-state index contributed by atoms with van der Waals surface area (Å²) >= 11 is 0. The van der Waals surface area contributed by atoms with Gasteiger partial charge in [-0.05, 0) is 49.1 Å². The van der Waals surface area contributed by atoms with E-state index in [0.717, 1.165) is 35.6 Å². The zero-order chi connectivity index (χ0) is 24.6. The van der Waals surface area contributed by atoms with Gasteiger partial charge in [-0.15, -0.1) is 0 Å². The number of aromatic nitrogens is 1. The van der Waals surface area contributed by atoms with Crippen LogP contribution in [-0.2, 0) is 6.18 Å². The second-order valence-corrected chi connectivity index (χ2v) is 9.41. The average Bonchev–Trinajstić information content (AvgIpc) is 3.60. The van der Waals surface area contributed by atoms with Crippen molar-refractivity contribution in [2.75, 3.05) is 11.6 Å². The van der Waals surface area contributed by atoms with Crippen molar-refractivity contribution in [2.24, 2.45) is 5.92 Å². The van der Waals surface area contributed by atoms with Gasteiger partial charge in [0.1, 0.15) is 0 Å². The Morgan fingerprint density at radius 3 is 1.97 bits per heavy atom. The summed E-state index contributed by atoms with van der Waals surface area (Å²) in [5, 5.41) is 2.40. The van der Waals surface area contributed by atoms with E-state index in [9.17, 15) is 13.2 Å². The molecule has 0 saturated heterocycles. The van der Waals surface area contributed by atoms with Crippen molar-refractivity contribution in [3.8, 4) is 0 Å². The largest absolute Gasteiger partial charge is 0.418 e. The van der Waals surface area contributed by atoms with Crippen molar-refractivity contribution in [2.45, 2.75) is 38.9 Å². The monoisotopic (exact) mass is 475 g/mol. The summed E-state index contributed by atoms with van der Waals surface area (Å²) in [6.07, 6.45) is -0.166. The molecule has 1 saturated carbocycles. The highest BCUT2D eigenvalue weighted by molar-refractivity contribution is 5.92. The molecule has 1 aromatic heterocycles. The number of anilines is 1. The molecule has 1 fully saturated rings. The van der Waals surface area contributed by atoms with Gasteiger partial charge in [0.05, 0.1) is 29.0 Å². The Kier molecular flexibility index (Phi) is 6.13. The fourth-order valence-corrected chi connectivity index (χ4v) is 4.54. The maximum absolute atomic E-state index is 13.2. The van der Waals surface area contributed by atoms with E-state index in [4.69, 9.17) is 0 Å². The molecular weight excluding hydrogens is 447 g/mol.